The minimum atomic E-state index is -5.11. The van der Waals surface area contributed by atoms with Crippen LogP contribution < -0.4 is 62.6 Å². The molecule has 0 saturated carbocycles. The average Bonchev–Trinajstić information content (AvgIpc) is 1.82. The zero-order valence-corrected chi connectivity index (χ0v) is 10.8. The van der Waals surface area contributed by atoms with E-state index in [1.165, 1.54) is 18.2 Å². The molecular weight excluding hydrogens is 228 g/mol. The van der Waals surface area contributed by atoms with Gasteiger partial charge in [0.15, 0.2) is 0 Å². The van der Waals surface area contributed by atoms with Crippen molar-refractivity contribution in [3.05, 3.63) is 23.2 Å². The molecule has 2 N–H and O–H groups in total. The fraction of sp³-hybridized carbons (Fsp3) is 0. The SMILES string of the molecule is Nc1cccc(Cl)c1[B-](F)(F)F.[K+]. The molecule has 0 fully saturated rings. The van der Waals surface area contributed by atoms with Gasteiger partial charge in [0.2, 0.25) is 0 Å². The first-order valence-electron chi connectivity index (χ1n) is 3.17. The predicted octanol–water partition coefficient (Wildman–Crippen LogP) is -1.02. The minimum Gasteiger partial charge on any atom is -0.445 e. The van der Waals surface area contributed by atoms with Crippen LogP contribution in [-0.2, 0) is 0 Å². The Labute approximate surface area is 121 Å². The molecule has 0 aliphatic heterocycles. The van der Waals surface area contributed by atoms with Gasteiger partial charge in [0.05, 0.1) is 0 Å². The molecule has 1 aromatic carbocycles. The number of nitrogen functional groups attached to an aromatic ring is 1. The second-order valence-corrected chi connectivity index (χ2v) is 2.72. The molecule has 1 rings (SSSR count). The number of nitrogens with two attached hydrogens (primary N) is 1. The van der Waals surface area contributed by atoms with Crippen LogP contribution in [0.1, 0.15) is 0 Å². The Morgan fingerprint density at radius 2 is 1.77 bits per heavy atom. The molecule has 0 spiro atoms. The summed E-state index contributed by atoms with van der Waals surface area (Å²) in [5.41, 5.74) is 3.89. The number of benzene rings is 1. The molecule has 0 amide bonds. The van der Waals surface area contributed by atoms with E-state index in [0.717, 1.165) is 0 Å². The summed E-state index contributed by atoms with van der Waals surface area (Å²) in [6.45, 7) is -5.11. The third kappa shape index (κ3) is 3.45. The van der Waals surface area contributed by atoms with Gasteiger partial charge in [-0.2, -0.15) is 0 Å². The van der Waals surface area contributed by atoms with Crippen LogP contribution in [0.25, 0.3) is 0 Å². The Kier molecular flexibility index (Phi) is 5.35. The number of halogens is 4. The van der Waals surface area contributed by atoms with Crippen molar-refractivity contribution in [1.82, 2.24) is 0 Å². The van der Waals surface area contributed by atoms with Gasteiger partial charge in [-0.1, -0.05) is 23.1 Å². The van der Waals surface area contributed by atoms with Crippen LogP contribution in [0, 0.1) is 0 Å². The van der Waals surface area contributed by atoms with E-state index in [9.17, 15) is 12.9 Å². The van der Waals surface area contributed by atoms with Crippen molar-refractivity contribution in [1.29, 1.82) is 0 Å². The van der Waals surface area contributed by atoms with E-state index in [-0.39, 0.29) is 62.1 Å². The molecule has 0 aliphatic carbocycles. The zero-order valence-electron chi connectivity index (χ0n) is 6.90. The van der Waals surface area contributed by atoms with E-state index in [4.69, 9.17) is 17.3 Å². The molecule has 0 saturated heterocycles. The molecule has 1 aromatic rings. The Hall–Kier alpha value is 0.801. The average molecular weight is 233 g/mol. The molecule has 13 heavy (non-hydrogen) atoms. The van der Waals surface area contributed by atoms with Gasteiger partial charge in [-0.05, 0) is 12.1 Å². The van der Waals surface area contributed by atoms with E-state index in [1.54, 1.807) is 0 Å². The zero-order chi connectivity index (χ0) is 9.35. The van der Waals surface area contributed by atoms with E-state index < -0.39 is 12.4 Å². The van der Waals surface area contributed by atoms with Crippen molar-refractivity contribution < 1.29 is 64.3 Å². The van der Waals surface area contributed by atoms with Crippen molar-refractivity contribution in [2.75, 3.05) is 5.73 Å². The normalized spacial score (nSPS) is 10.8. The molecule has 0 aromatic heterocycles. The molecular formula is C6H5BClF3KN. The number of hydrogen-bond donors (Lipinski definition) is 1. The van der Waals surface area contributed by atoms with Crippen LogP contribution in [0.3, 0.4) is 0 Å². The van der Waals surface area contributed by atoms with Crippen LogP contribution >= 0.6 is 11.6 Å². The molecule has 0 bridgehead atoms. The molecule has 0 heterocycles. The minimum absolute atomic E-state index is 0. The van der Waals surface area contributed by atoms with Crippen LogP contribution in [0.2, 0.25) is 5.02 Å². The third-order valence-corrected chi connectivity index (χ3v) is 1.74. The molecule has 0 atom stereocenters. The van der Waals surface area contributed by atoms with Crippen LogP contribution in [0.15, 0.2) is 18.2 Å². The van der Waals surface area contributed by atoms with Gasteiger partial charge in [-0.25, -0.2) is 0 Å². The summed E-state index contributed by atoms with van der Waals surface area (Å²) in [7, 11) is 0. The smallest absolute Gasteiger partial charge is 0.445 e. The van der Waals surface area contributed by atoms with E-state index in [1.807, 2.05) is 0 Å². The number of hydrogen-bond acceptors (Lipinski definition) is 1. The van der Waals surface area contributed by atoms with Crippen molar-refractivity contribution in [3.8, 4) is 0 Å². The van der Waals surface area contributed by atoms with E-state index in [0.29, 0.717) is 0 Å². The summed E-state index contributed by atoms with van der Waals surface area (Å²) in [4.78, 5) is 0. The fourth-order valence-electron chi connectivity index (χ4n) is 0.899. The summed E-state index contributed by atoms with van der Waals surface area (Å²) in [6.07, 6.45) is 0. The van der Waals surface area contributed by atoms with Gasteiger partial charge in [0.1, 0.15) is 0 Å². The summed E-state index contributed by atoms with van der Waals surface area (Å²) >= 11 is 5.33. The molecule has 0 aliphatic rings. The van der Waals surface area contributed by atoms with Crippen molar-refractivity contribution >= 4 is 29.7 Å². The summed E-state index contributed by atoms with van der Waals surface area (Å²) in [6, 6.07) is 3.72. The van der Waals surface area contributed by atoms with E-state index in [2.05, 4.69) is 0 Å². The summed E-state index contributed by atoms with van der Waals surface area (Å²) < 4.78 is 36.6. The Bertz CT molecular complexity index is 284. The van der Waals surface area contributed by atoms with Crippen molar-refractivity contribution in [2.24, 2.45) is 0 Å². The molecule has 66 valence electrons. The molecule has 1 nitrogen and oxygen atoms in total. The monoisotopic (exact) mass is 233 g/mol. The quantitative estimate of drug-likeness (QED) is 0.488. The summed E-state index contributed by atoms with van der Waals surface area (Å²) in [5, 5.41) is -0.345. The Balaban J connectivity index is 0.00000144. The van der Waals surface area contributed by atoms with Crippen LogP contribution in [-0.4, -0.2) is 6.98 Å². The standard InChI is InChI=1S/C6H5BClF3N.K/c8-4-2-1-3-5(12)6(4)7(9,10)11;/h1-3H,12H2;/q-1;+1. The predicted molar refractivity (Wildman–Crippen MR) is 44.6 cm³/mol. The number of rotatable bonds is 1. The maximum atomic E-state index is 12.2. The van der Waals surface area contributed by atoms with E-state index >= 15 is 0 Å². The Morgan fingerprint density at radius 3 is 2.08 bits per heavy atom. The van der Waals surface area contributed by atoms with Gasteiger partial charge in [0.25, 0.3) is 0 Å². The summed E-state index contributed by atoms with van der Waals surface area (Å²) in [5.74, 6) is 0. The fourth-order valence-corrected chi connectivity index (χ4v) is 1.20. The topological polar surface area (TPSA) is 26.0 Å². The maximum absolute atomic E-state index is 12.2. The Morgan fingerprint density at radius 1 is 1.23 bits per heavy atom. The molecule has 0 radical (unpaired) electrons. The third-order valence-electron chi connectivity index (χ3n) is 1.41. The van der Waals surface area contributed by atoms with Gasteiger partial charge in [-0.15, -0.1) is 0 Å². The largest absolute Gasteiger partial charge is 1.00 e. The van der Waals surface area contributed by atoms with Gasteiger partial charge < -0.3 is 18.7 Å². The van der Waals surface area contributed by atoms with Crippen molar-refractivity contribution in [2.45, 2.75) is 0 Å². The first-order chi connectivity index (χ1) is 5.43. The van der Waals surface area contributed by atoms with Crippen LogP contribution in [0.4, 0.5) is 18.6 Å². The van der Waals surface area contributed by atoms with Gasteiger partial charge in [-0.3, -0.25) is 0 Å². The number of anilines is 1. The second-order valence-electron chi connectivity index (χ2n) is 2.32. The first-order valence-corrected chi connectivity index (χ1v) is 3.54. The molecule has 0 unspecified atom stereocenters. The maximum Gasteiger partial charge on any atom is 1.00 e. The van der Waals surface area contributed by atoms with Crippen molar-refractivity contribution in [3.63, 3.8) is 0 Å². The van der Waals surface area contributed by atoms with Gasteiger partial charge >= 0.3 is 58.4 Å². The molecule has 7 heteroatoms. The van der Waals surface area contributed by atoms with Gasteiger partial charge in [0, 0.05) is 10.7 Å². The second kappa shape index (κ2) is 5.04. The first kappa shape index (κ1) is 13.8. The van der Waals surface area contributed by atoms with Crippen LogP contribution in [0.5, 0.6) is 0 Å².